The SMILES string of the molecule is CCCC[C@@H](Br)C(=O)Nc1nc2ccc(OCCC(C)(C)OC)cc2s1. The second-order valence-corrected chi connectivity index (χ2v) is 8.95. The summed E-state index contributed by atoms with van der Waals surface area (Å²) >= 11 is 4.90. The van der Waals surface area contributed by atoms with E-state index in [1.54, 1.807) is 7.11 Å². The molecular weight excluding hydrogens is 416 g/mol. The fraction of sp³-hybridized carbons (Fsp3) is 0.579. The molecule has 0 fully saturated rings. The number of anilines is 1. The van der Waals surface area contributed by atoms with Crippen LogP contribution in [0.1, 0.15) is 46.5 Å². The summed E-state index contributed by atoms with van der Waals surface area (Å²) in [5.41, 5.74) is 0.658. The molecule has 0 aliphatic heterocycles. The van der Waals surface area contributed by atoms with Gasteiger partial charge in [-0.25, -0.2) is 4.98 Å². The Bertz CT molecular complexity index is 733. The van der Waals surface area contributed by atoms with E-state index in [0.717, 1.165) is 41.6 Å². The van der Waals surface area contributed by atoms with Crippen LogP contribution >= 0.6 is 27.3 Å². The van der Waals surface area contributed by atoms with Crippen molar-refractivity contribution in [1.82, 2.24) is 4.98 Å². The number of rotatable bonds is 10. The Balaban J connectivity index is 1.97. The second kappa shape index (κ2) is 9.67. The molecule has 5 nitrogen and oxygen atoms in total. The predicted molar refractivity (Wildman–Crippen MR) is 112 cm³/mol. The van der Waals surface area contributed by atoms with Gasteiger partial charge in [0.1, 0.15) is 5.75 Å². The van der Waals surface area contributed by atoms with E-state index in [0.29, 0.717) is 11.7 Å². The number of carbonyl (C=O) groups is 1. The number of aromatic nitrogens is 1. The van der Waals surface area contributed by atoms with Crippen LogP contribution in [0.25, 0.3) is 10.2 Å². The zero-order valence-corrected chi connectivity index (χ0v) is 18.2. The Labute approximate surface area is 167 Å². The Morgan fingerprint density at radius 1 is 1.42 bits per heavy atom. The van der Waals surface area contributed by atoms with Gasteiger partial charge >= 0.3 is 0 Å². The number of fused-ring (bicyclic) bond motifs is 1. The van der Waals surface area contributed by atoms with Crippen LogP contribution in [0.3, 0.4) is 0 Å². The van der Waals surface area contributed by atoms with Crippen molar-refractivity contribution in [1.29, 1.82) is 0 Å². The lowest BCUT2D eigenvalue weighted by molar-refractivity contribution is -0.115. The summed E-state index contributed by atoms with van der Waals surface area (Å²) in [5.74, 6) is 0.753. The first-order valence-corrected chi connectivity index (χ1v) is 10.6. The normalized spacial score (nSPS) is 13.0. The quantitative estimate of drug-likeness (QED) is 0.501. The van der Waals surface area contributed by atoms with Crippen molar-refractivity contribution in [3.05, 3.63) is 18.2 Å². The molecule has 0 saturated carbocycles. The maximum Gasteiger partial charge on any atom is 0.239 e. The molecule has 0 spiro atoms. The van der Waals surface area contributed by atoms with Crippen molar-refractivity contribution in [2.24, 2.45) is 0 Å². The number of nitrogens with one attached hydrogen (secondary N) is 1. The first-order valence-electron chi connectivity index (χ1n) is 8.88. The van der Waals surface area contributed by atoms with Gasteiger partial charge in [0.25, 0.3) is 0 Å². The maximum absolute atomic E-state index is 12.2. The van der Waals surface area contributed by atoms with E-state index in [4.69, 9.17) is 9.47 Å². The van der Waals surface area contributed by atoms with Crippen molar-refractivity contribution >= 4 is 48.5 Å². The smallest absolute Gasteiger partial charge is 0.239 e. The molecule has 1 aromatic carbocycles. The molecular formula is C19H27BrN2O3S. The molecule has 2 aromatic rings. The molecule has 7 heteroatoms. The lowest BCUT2D eigenvalue weighted by Gasteiger charge is -2.22. The number of amides is 1. The van der Waals surface area contributed by atoms with Gasteiger partial charge in [-0.15, -0.1) is 0 Å². The monoisotopic (exact) mass is 442 g/mol. The van der Waals surface area contributed by atoms with Gasteiger partial charge in [-0.2, -0.15) is 0 Å². The molecule has 1 N–H and O–H groups in total. The summed E-state index contributed by atoms with van der Waals surface area (Å²) in [5, 5.41) is 3.51. The number of halogens is 1. The first-order chi connectivity index (χ1) is 12.3. The van der Waals surface area contributed by atoms with E-state index >= 15 is 0 Å². The highest BCUT2D eigenvalue weighted by Crippen LogP contribution is 2.30. The minimum absolute atomic E-state index is 0.0456. The summed E-state index contributed by atoms with van der Waals surface area (Å²) in [4.78, 5) is 16.5. The molecule has 1 aromatic heterocycles. The van der Waals surface area contributed by atoms with Crippen molar-refractivity contribution in [2.45, 2.75) is 56.9 Å². The van der Waals surface area contributed by atoms with E-state index in [2.05, 4.69) is 33.2 Å². The van der Waals surface area contributed by atoms with Crippen LogP contribution in [-0.4, -0.2) is 35.0 Å². The summed E-state index contributed by atoms with van der Waals surface area (Å²) in [6.07, 6.45) is 3.71. The molecule has 144 valence electrons. The molecule has 1 amide bonds. The molecule has 2 rings (SSSR count). The zero-order valence-electron chi connectivity index (χ0n) is 15.8. The fourth-order valence-electron chi connectivity index (χ4n) is 2.26. The highest BCUT2D eigenvalue weighted by molar-refractivity contribution is 9.10. The molecule has 0 aliphatic rings. The van der Waals surface area contributed by atoms with Crippen molar-refractivity contribution < 1.29 is 14.3 Å². The number of methoxy groups -OCH3 is 1. The lowest BCUT2D eigenvalue weighted by atomic mass is 10.1. The van der Waals surface area contributed by atoms with E-state index in [-0.39, 0.29) is 16.3 Å². The summed E-state index contributed by atoms with van der Waals surface area (Å²) in [6, 6.07) is 5.79. The number of benzene rings is 1. The van der Waals surface area contributed by atoms with Crippen LogP contribution in [0.15, 0.2) is 18.2 Å². The maximum atomic E-state index is 12.2. The van der Waals surface area contributed by atoms with Gasteiger partial charge in [0, 0.05) is 13.5 Å². The average Bonchev–Trinajstić information content (AvgIpc) is 3.00. The number of thiazole rings is 1. The number of alkyl halides is 1. The number of carbonyl (C=O) groups excluding carboxylic acids is 1. The summed E-state index contributed by atoms with van der Waals surface area (Å²) < 4.78 is 12.2. The molecule has 1 atom stereocenters. The average molecular weight is 443 g/mol. The van der Waals surface area contributed by atoms with Gasteiger partial charge in [0.2, 0.25) is 5.91 Å². The van der Waals surface area contributed by atoms with Crippen LogP contribution in [0, 0.1) is 0 Å². The minimum Gasteiger partial charge on any atom is -0.493 e. The summed E-state index contributed by atoms with van der Waals surface area (Å²) in [6.45, 7) is 6.77. The predicted octanol–water partition coefficient (Wildman–Crippen LogP) is 5.38. The zero-order chi connectivity index (χ0) is 19.2. The molecule has 0 saturated heterocycles. The Morgan fingerprint density at radius 2 is 2.19 bits per heavy atom. The standard InChI is InChI=1S/C19H27BrN2O3S/c1-5-6-7-14(20)17(23)22-18-21-15-9-8-13(12-16(15)26-18)25-11-10-19(2,3)24-4/h8-9,12,14H,5-7,10-11H2,1-4H3,(H,21,22,23)/t14-/m1/s1. The second-order valence-electron chi connectivity index (χ2n) is 6.81. The van der Waals surface area contributed by atoms with Gasteiger partial charge in [0.05, 0.1) is 27.3 Å². The molecule has 1 heterocycles. The van der Waals surface area contributed by atoms with Gasteiger partial charge < -0.3 is 14.8 Å². The molecule has 0 aliphatic carbocycles. The molecule has 0 bridgehead atoms. The molecule has 0 radical (unpaired) electrons. The Morgan fingerprint density at radius 3 is 2.88 bits per heavy atom. The van der Waals surface area contributed by atoms with Crippen molar-refractivity contribution in [2.75, 3.05) is 19.0 Å². The van der Waals surface area contributed by atoms with E-state index < -0.39 is 0 Å². The van der Waals surface area contributed by atoms with Crippen LogP contribution in [-0.2, 0) is 9.53 Å². The van der Waals surface area contributed by atoms with Crippen LogP contribution in [0.5, 0.6) is 5.75 Å². The Kier molecular flexibility index (Phi) is 7.85. The number of ether oxygens (including phenoxy) is 2. The third-order valence-electron chi connectivity index (χ3n) is 4.21. The fourth-order valence-corrected chi connectivity index (χ4v) is 3.60. The molecule has 0 unspecified atom stereocenters. The Hall–Kier alpha value is -1.18. The van der Waals surface area contributed by atoms with E-state index in [9.17, 15) is 4.79 Å². The van der Waals surface area contributed by atoms with Gasteiger partial charge in [0.15, 0.2) is 5.13 Å². The number of nitrogens with zero attached hydrogens (tertiary/aromatic N) is 1. The van der Waals surface area contributed by atoms with Gasteiger partial charge in [-0.05, 0) is 38.5 Å². The lowest BCUT2D eigenvalue weighted by Crippen LogP contribution is -2.25. The largest absolute Gasteiger partial charge is 0.493 e. The minimum atomic E-state index is -0.198. The molecule has 26 heavy (non-hydrogen) atoms. The third kappa shape index (κ3) is 6.21. The van der Waals surface area contributed by atoms with E-state index in [1.165, 1.54) is 11.3 Å². The van der Waals surface area contributed by atoms with Crippen LogP contribution in [0.4, 0.5) is 5.13 Å². The summed E-state index contributed by atoms with van der Waals surface area (Å²) in [7, 11) is 1.71. The van der Waals surface area contributed by atoms with Crippen molar-refractivity contribution in [3.63, 3.8) is 0 Å². The topological polar surface area (TPSA) is 60.5 Å². The van der Waals surface area contributed by atoms with Gasteiger partial charge in [-0.3, -0.25) is 4.79 Å². The highest BCUT2D eigenvalue weighted by atomic mass is 79.9. The van der Waals surface area contributed by atoms with Crippen LogP contribution in [0.2, 0.25) is 0 Å². The number of unbranched alkanes of at least 4 members (excludes halogenated alkanes) is 1. The van der Waals surface area contributed by atoms with Gasteiger partial charge in [-0.1, -0.05) is 47.0 Å². The number of hydrogen-bond acceptors (Lipinski definition) is 5. The third-order valence-corrected chi connectivity index (χ3v) is 6.02. The van der Waals surface area contributed by atoms with Crippen molar-refractivity contribution in [3.8, 4) is 5.75 Å². The highest BCUT2D eigenvalue weighted by Gasteiger charge is 2.17. The first kappa shape index (κ1) is 21.1. The number of hydrogen-bond donors (Lipinski definition) is 1. The van der Waals surface area contributed by atoms with Crippen LogP contribution < -0.4 is 10.1 Å². The van der Waals surface area contributed by atoms with E-state index in [1.807, 2.05) is 32.0 Å².